The maximum absolute atomic E-state index is 10.4. The van der Waals surface area contributed by atoms with Crippen LogP contribution in [0, 0.1) is 13.5 Å². The van der Waals surface area contributed by atoms with Crippen LogP contribution in [0.5, 0.6) is 0 Å². The van der Waals surface area contributed by atoms with Crippen molar-refractivity contribution in [2.45, 2.75) is 39.4 Å². The van der Waals surface area contributed by atoms with Crippen LogP contribution in [-0.4, -0.2) is 20.7 Å². The first-order chi connectivity index (χ1) is 5.81. The second-order valence-electron chi connectivity index (χ2n) is 3.97. The molecule has 0 aliphatic heterocycles. The van der Waals surface area contributed by atoms with E-state index in [1.165, 1.54) is 0 Å². The van der Waals surface area contributed by atoms with Crippen molar-refractivity contribution >= 4 is 14.0 Å². The first kappa shape index (κ1) is 19.8. The first-order valence-corrected chi connectivity index (χ1v) is 8.32. The van der Waals surface area contributed by atoms with Gasteiger partial charge in [-0.05, 0) is 6.92 Å². The van der Waals surface area contributed by atoms with Gasteiger partial charge in [-0.25, -0.2) is 0 Å². The number of rotatable bonds is 3. The van der Waals surface area contributed by atoms with Crippen LogP contribution in [0.3, 0.4) is 0 Å². The summed E-state index contributed by atoms with van der Waals surface area (Å²) in [5, 5.41) is 0. The summed E-state index contributed by atoms with van der Waals surface area (Å²) >= 11 is 0. The van der Waals surface area contributed by atoms with Crippen molar-refractivity contribution in [1.29, 1.82) is 0 Å². The summed E-state index contributed by atoms with van der Waals surface area (Å²) in [6.45, 7) is 16.3. The van der Waals surface area contributed by atoms with Crippen molar-refractivity contribution in [2.75, 3.05) is 6.61 Å². The summed E-state index contributed by atoms with van der Waals surface area (Å²) < 4.78 is 4.60. The third kappa shape index (κ3) is 39.5. The molecule has 0 atom stereocenters. The van der Waals surface area contributed by atoms with Crippen LogP contribution in [0.4, 0.5) is 0 Å². The van der Waals surface area contributed by atoms with E-state index in [9.17, 15) is 4.79 Å². The molecule has 0 fully saturated rings. The summed E-state index contributed by atoms with van der Waals surface area (Å²) in [6.07, 6.45) is 1.06. The van der Waals surface area contributed by atoms with Crippen LogP contribution >= 0.6 is 0 Å². The minimum absolute atomic E-state index is 0. The number of carbonyl (C=O) groups excluding carboxylic acids is 1. The van der Waals surface area contributed by atoms with E-state index in [-0.39, 0.29) is 25.4 Å². The van der Waals surface area contributed by atoms with Gasteiger partial charge in [0.1, 0.15) is 0 Å². The van der Waals surface area contributed by atoms with Crippen LogP contribution in [0.15, 0.2) is 0 Å². The minimum atomic E-state index is -0.861. The predicted molar refractivity (Wildman–Crippen MR) is 59.9 cm³/mol. The van der Waals surface area contributed by atoms with Crippen LogP contribution in [0.2, 0.25) is 19.6 Å². The maximum atomic E-state index is 10.4. The van der Waals surface area contributed by atoms with Crippen LogP contribution in [-0.2, 0) is 29.0 Å². The van der Waals surface area contributed by atoms with Crippen LogP contribution in [0.25, 0.3) is 0 Å². The molecule has 80 valence electrons. The minimum Gasteiger partial charge on any atom is -0.466 e. The number of hydrogen-bond donors (Lipinski definition) is 0. The second kappa shape index (κ2) is 11.4. The smallest absolute Gasteiger partial charge is 0.466 e. The fraction of sp³-hybridized carbons (Fsp3) is 0.700. The normalized spacial score (nSPS) is 9.29. The molecule has 0 N–H and O–H groups in total. The summed E-state index contributed by atoms with van der Waals surface area (Å²) in [6, 6.07) is 0. The van der Waals surface area contributed by atoms with Gasteiger partial charge in [0.25, 0.3) is 0 Å². The van der Waals surface area contributed by atoms with E-state index in [1.807, 2.05) is 0 Å². The fourth-order valence-corrected chi connectivity index (χ4v) is 0.377. The Hall–Kier alpha value is 0.310. The molecule has 2 nitrogen and oxygen atoms in total. The van der Waals surface area contributed by atoms with Crippen molar-refractivity contribution in [2.24, 2.45) is 0 Å². The van der Waals surface area contributed by atoms with Crippen molar-refractivity contribution in [3.8, 4) is 0 Å². The molecule has 14 heavy (non-hydrogen) atoms. The Balaban J connectivity index is -0.000000177. The SMILES string of the molecule is [CH2-]CCC(=O)OCC.[CH2-][Si](C)(C)C.[Zn+2]. The number of ether oxygens (including phenoxy) is 1. The average Bonchev–Trinajstić information content (AvgIpc) is 1.84. The molecule has 0 aromatic heterocycles. The quantitative estimate of drug-likeness (QED) is 0.447. The fourth-order valence-electron chi connectivity index (χ4n) is 0.377. The van der Waals surface area contributed by atoms with E-state index in [0.717, 1.165) is 0 Å². The van der Waals surface area contributed by atoms with Gasteiger partial charge in [0.05, 0.1) is 6.61 Å². The van der Waals surface area contributed by atoms with Crippen LogP contribution < -0.4 is 0 Å². The Morgan fingerprint density at radius 3 is 1.93 bits per heavy atom. The molecular weight excluding hydrogens is 246 g/mol. The van der Waals surface area contributed by atoms with Crippen molar-refractivity contribution in [1.82, 2.24) is 0 Å². The molecule has 4 heteroatoms. The molecule has 0 unspecified atom stereocenters. The molecule has 0 rings (SSSR count). The summed E-state index contributed by atoms with van der Waals surface area (Å²) in [5.74, 6) is -0.150. The molecular formula is C10H22O2SiZn. The monoisotopic (exact) mass is 266 g/mol. The third-order valence-corrected chi connectivity index (χ3v) is 0.686. The zero-order valence-electron chi connectivity index (χ0n) is 10.1. The average molecular weight is 268 g/mol. The van der Waals surface area contributed by atoms with E-state index in [2.05, 4.69) is 37.8 Å². The predicted octanol–water partition coefficient (Wildman–Crippen LogP) is 2.86. The van der Waals surface area contributed by atoms with Gasteiger partial charge >= 0.3 is 25.4 Å². The Morgan fingerprint density at radius 2 is 1.71 bits per heavy atom. The van der Waals surface area contributed by atoms with Crippen molar-refractivity contribution < 1.29 is 29.0 Å². The zero-order chi connectivity index (χ0) is 10.9. The van der Waals surface area contributed by atoms with Gasteiger partial charge in [0.15, 0.2) is 0 Å². The first-order valence-electron chi connectivity index (χ1n) is 4.61. The molecule has 0 heterocycles. The Morgan fingerprint density at radius 1 is 1.36 bits per heavy atom. The molecule has 0 saturated carbocycles. The molecule has 0 saturated heterocycles. The molecule has 0 amide bonds. The molecule has 0 aliphatic rings. The van der Waals surface area contributed by atoms with E-state index in [1.54, 1.807) is 6.92 Å². The molecule has 0 aromatic rings. The number of esters is 1. The van der Waals surface area contributed by atoms with E-state index in [0.29, 0.717) is 19.4 Å². The van der Waals surface area contributed by atoms with Gasteiger partial charge in [-0.2, -0.15) is 6.42 Å². The number of carbonyl (C=O) groups is 1. The topological polar surface area (TPSA) is 26.3 Å². The number of hydrogen-bond acceptors (Lipinski definition) is 2. The molecule has 0 aromatic carbocycles. The van der Waals surface area contributed by atoms with Gasteiger partial charge in [-0.1, -0.05) is 19.6 Å². The zero-order valence-corrected chi connectivity index (χ0v) is 14.0. The molecule has 0 aliphatic carbocycles. The molecule has 0 bridgehead atoms. The molecule has 0 spiro atoms. The largest absolute Gasteiger partial charge is 2.00 e. The second-order valence-corrected chi connectivity index (χ2v) is 9.09. The maximum Gasteiger partial charge on any atom is 2.00 e. The Kier molecular flexibility index (Phi) is 16.1. The Labute approximate surface area is 103 Å². The van der Waals surface area contributed by atoms with Gasteiger partial charge in [0, 0.05) is 6.42 Å². The summed E-state index contributed by atoms with van der Waals surface area (Å²) in [5.41, 5.74) is 0. The van der Waals surface area contributed by atoms with Gasteiger partial charge in [0.2, 0.25) is 0 Å². The van der Waals surface area contributed by atoms with Crippen LogP contribution in [0.1, 0.15) is 19.8 Å². The van der Waals surface area contributed by atoms with Crippen molar-refractivity contribution in [3.05, 3.63) is 13.5 Å². The van der Waals surface area contributed by atoms with E-state index in [4.69, 9.17) is 0 Å². The van der Waals surface area contributed by atoms with Gasteiger partial charge in [-0.3, -0.25) is 4.79 Å². The standard InChI is InChI=1S/C6H11O2.C4H11Si.Zn/c1-3-5-6(7)8-4-2;1-5(2,3)4;/h1,3-5H2,2H3;1H2,2-4H3;/q2*-1;+2. The van der Waals surface area contributed by atoms with E-state index < -0.39 is 8.07 Å². The summed E-state index contributed by atoms with van der Waals surface area (Å²) in [7, 11) is -0.861. The summed E-state index contributed by atoms with van der Waals surface area (Å²) in [4.78, 5) is 10.4. The third-order valence-electron chi connectivity index (χ3n) is 0.686. The Bertz CT molecular complexity index is 119. The molecule has 0 radical (unpaired) electrons. The van der Waals surface area contributed by atoms with Gasteiger partial charge < -0.3 is 18.2 Å². The van der Waals surface area contributed by atoms with E-state index >= 15 is 0 Å². The van der Waals surface area contributed by atoms with Gasteiger partial charge in [-0.15, -0.1) is 8.07 Å². The van der Waals surface area contributed by atoms with Crippen molar-refractivity contribution in [3.63, 3.8) is 0 Å².